The first-order valence-electron chi connectivity index (χ1n) is 5.97. The lowest BCUT2D eigenvalue weighted by atomic mass is 10.2. The summed E-state index contributed by atoms with van der Waals surface area (Å²) in [6.07, 6.45) is 0. The fourth-order valence-corrected chi connectivity index (χ4v) is 3.88. The zero-order valence-corrected chi connectivity index (χ0v) is 13.7. The Bertz CT molecular complexity index is 681. The third-order valence-electron chi connectivity index (χ3n) is 2.70. The molecule has 4 nitrogen and oxygen atoms in total. The Kier molecular flexibility index (Phi) is 4.49. The van der Waals surface area contributed by atoms with Crippen LogP contribution in [0.2, 0.25) is 0 Å². The van der Waals surface area contributed by atoms with Crippen LogP contribution in [0.5, 0.6) is 0 Å². The van der Waals surface area contributed by atoms with E-state index >= 15 is 0 Å². The number of thiophene rings is 1. The molecular formula is C13H11BrN4S2. The SMILES string of the molecule is Brc1ccccc1CSc1nnnn1Cc1cccs1. The maximum atomic E-state index is 4.10. The number of nitrogens with zero attached hydrogens (tertiary/aromatic N) is 4. The van der Waals surface area contributed by atoms with Gasteiger partial charge in [0.2, 0.25) is 5.16 Å². The highest BCUT2D eigenvalue weighted by Crippen LogP contribution is 2.25. The van der Waals surface area contributed by atoms with Crippen molar-refractivity contribution in [2.45, 2.75) is 17.5 Å². The molecule has 0 amide bonds. The zero-order valence-electron chi connectivity index (χ0n) is 10.4. The molecule has 3 aromatic rings. The Morgan fingerprint density at radius 2 is 2.10 bits per heavy atom. The van der Waals surface area contributed by atoms with Crippen LogP contribution in [0, 0.1) is 0 Å². The van der Waals surface area contributed by atoms with Crippen LogP contribution in [-0.2, 0) is 12.3 Å². The fourth-order valence-electron chi connectivity index (χ4n) is 1.71. The van der Waals surface area contributed by atoms with Gasteiger partial charge in [-0.05, 0) is 33.5 Å². The van der Waals surface area contributed by atoms with E-state index in [1.54, 1.807) is 23.1 Å². The number of hydrogen-bond acceptors (Lipinski definition) is 5. The molecule has 0 atom stereocenters. The summed E-state index contributed by atoms with van der Waals surface area (Å²) in [5.41, 5.74) is 1.24. The minimum Gasteiger partial charge on any atom is -0.215 e. The molecule has 0 saturated carbocycles. The smallest absolute Gasteiger partial charge is 0.209 e. The Labute approximate surface area is 133 Å². The molecule has 0 saturated heterocycles. The molecule has 0 aliphatic heterocycles. The highest BCUT2D eigenvalue weighted by atomic mass is 79.9. The third kappa shape index (κ3) is 3.28. The largest absolute Gasteiger partial charge is 0.215 e. The van der Waals surface area contributed by atoms with E-state index in [0.29, 0.717) is 0 Å². The molecule has 0 bridgehead atoms. The molecule has 0 unspecified atom stereocenters. The lowest BCUT2D eigenvalue weighted by Gasteiger charge is -2.04. The van der Waals surface area contributed by atoms with Gasteiger partial charge in [0.05, 0.1) is 6.54 Å². The van der Waals surface area contributed by atoms with Crippen LogP contribution in [0.4, 0.5) is 0 Å². The summed E-state index contributed by atoms with van der Waals surface area (Å²) in [6.45, 7) is 0.725. The molecule has 0 N–H and O–H groups in total. The van der Waals surface area contributed by atoms with E-state index in [2.05, 4.69) is 49.0 Å². The summed E-state index contributed by atoms with van der Waals surface area (Å²) in [5, 5.41) is 14.8. The number of hydrogen-bond donors (Lipinski definition) is 0. The van der Waals surface area contributed by atoms with Crippen LogP contribution in [-0.4, -0.2) is 20.2 Å². The zero-order chi connectivity index (χ0) is 13.8. The first-order valence-corrected chi connectivity index (χ1v) is 8.63. The van der Waals surface area contributed by atoms with Crippen molar-refractivity contribution in [2.24, 2.45) is 0 Å². The fraction of sp³-hybridized carbons (Fsp3) is 0.154. The van der Waals surface area contributed by atoms with Crippen molar-refractivity contribution < 1.29 is 0 Å². The summed E-state index contributed by atoms with van der Waals surface area (Å²) >= 11 is 6.92. The molecular weight excluding hydrogens is 356 g/mol. The first-order chi connectivity index (χ1) is 9.83. The molecule has 2 heterocycles. The average Bonchev–Trinajstić information content (AvgIpc) is 3.10. The normalized spacial score (nSPS) is 10.8. The Morgan fingerprint density at radius 1 is 1.20 bits per heavy atom. The van der Waals surface area contributed by atoms with Gasteiger partial charge in [0, 0.05) is 15.1 Å². The highest BCUT2D eigenvalue weighted by molar-refractivity contribution is 9.10. The van der Waals surface area contributed by atoms with Gasteiger partial charge in [-0.15, -0.1) is 16.4 Å². The summed E-state index contributed by atoms with van der Waals surface area (Å²) < 4.78 is 2.96. The van der Waals surface area contributed by atoms with Crippen LogP contribution in [0.3, 0.4) is 0 Å². The van der Waals surface area contributed by atoms with Crippen molar-refractivity contribution in [3.05, 3.63) is 56.7 Å². The van der Waals surface area contributed by atoms with E-state index in [9.17, 15) is 0 Å². The van der Waals surface area contributed by atoms with Gasteiger partial charge >= 0.3 is 0 Å². The van der Waals surface area contributed by atoms with Crippen molar-refractivity contribution in [2.75, 3.05) is 0 Å². The molecule has 0 fully saturated rings. The van der Waals surface area contributed by atoms with Gasteiger partial charge in [0.25, 0.3) is 0 Å². The number of aromatic nitrogens is 4. The minimum atomic E-state index is 0.725. The topological polar surface area (TPSA) is 43.6 Å². The first kappa shape index (κ1) is 13.8. The third-order valence-corrected chi connectivity index (χ3v) is 5.34. The maximum Gasteiger partial charge on any atom is 0.209 e. The van der Waals surface area contributed by atoms with E-state index in [1.807, 2.05) is 28.9 Å². The molecule has 2 aromatic heterocycles. The second kappa shape index (κ2) is 6.51. The predicted molar refractivity (Wildman–Crippen MR) is 84.9 cm³/mol. The van der Waals surface area contributed by atoms with Crippen LogP contribution in [0.15, 0.2) is 51.4 Å². The quantitative estimate of drug-likeness (QED) is 0.643. The van der Waals surface area contributed by atoms with Gasteiger partial charge < -0.3 is 0 Å². The van der Waals surface area contributed by atoms with Crippen LogP contribution in [0.1, 0.15) is 10.4 Å². The van der Waals surface area contributed by atoms with Gasteiger partial charge in [-0.3, -0.25) is 0 Å². The van der Waals surface area contributed by atoms with Crippen LogP contribution < -0.4 is 0 Å². The standard InChI is InChI=1S/C13H11BrN4S2/c14-12-6-2-1-4-10(12)9-20-13-15-16-17-18(13)8-11-5-3-7-19-11/h1-7H,8-9H2. The molecule has 0 aliphatic rings. The van der Waals surface area contributed by atoms with Crippen molar-refractivity contribution in [1.29, 1.82) is 0 Å². The van der Waals surface area contributed by atoms with Crippen molar-refractivity contribution in [1.82, 2.24) is 20.2 Å². The summed E-state index contributed by atoms with van der Waals surface area (Å²) in [5.74, 6) is 0.840. The summed E-state index contributed by atoms with van der Waals surface area (Å²) in [6, 6.07) is 12.3. The molecule has 0 spiro atoms. The minimum absolute atomic E-state index is 0.725. The van der Waals surface area contributed by atoms with E-state index in [1.165, 1.54) is 10.4 Å². The Morgan fingerprint density at radius 3 is 2.90 bits per heavy atom. The second-order valence-corrected chi connectivity index (χ2v) is 6.91. The lowest BCUT2D eigenvalue weighted by molar-refractivity contribution is 0.608. The Hall–Kier alpha value is -1.18. The molecule has 20 heavy (non-hydrogen) atoms. The molecule has 7 heteroatoms. The molecule has 0 radical (unpaired) electrons. The van der Waals surface area contributed by atoms with Gasteiger partial charge in [-0.25, -0.2) is 4.68 Å². The van der Waals surface area contributed by atoms with Crippen LogP contribution >= 0.6 is 39.0 Å². The molecule has 0 aliphatic carbocycles. The highest BCUT2D eigenvalue weighted by Gasteiger charge is 2.09. The molecule has 102 valence electrons. The van der Waals surface area contributed by atoms with E-state index in [-0.39, 0.29) is 0 Å². The lowest BCUT2D eigenvalue weighted by Crippen LogP contribution is -2.02. The maximum absolute atomic E-state index is 4.10. The van der Waals surface area contributed by atoms with Crippen LogP contribution in [0.25, 0.3) is 0 Å². The number of tetrazole rings is 1. The van der Waals surface area contributed by atoms with Crippen molar-refractivity contribution >= 4 is 39.0 Å². The number of benzene rings is 1. The van der Waals surface area contributed by atoms with Crippen molar-refractivity contribution in [3.63, 3.8) is 0 Å². The van der Waals surface area contributed by atoms with Gasteiger partial charge in [0.15, 0.2) is 0 Å². The van der Waals surface area contributed by atoms with Gasteiger partial charge in [-0.1, -0.05) is 52.0 Å². The average molecular weight is 367 g/mol. The predicted octanol–water partition coefficient (Wildman–Crippen LogP) is 3.84. The summed E-state index contributed by atoms with van der Waals surface area (Å²) in [7, 11) is 0. The Balaban J connectivity index is 1.69. The van der Waals surface area contributed by atoms with Crippen molar-refractivity contribution in [3.8, 4) is 0 Å². The number of thioether (sulfide) groups is 1. The molecule has 3 rings (SSSR count). The monoisotopic (exact) mass is 366 g/mol. The van der Waals surface area contributed by atoms with Gasteiger partial charge in [0.1, 0.15) is 0 Å². The number of rotatable bonds is 5. The molecule has 1 aromatic carbocycles. The van der Waals surface area contributed by atoms with E-state index in [0.717, 1.165) is 21.9 Å². The van der Waals surface area contributed by atoms with E-state index < -0.39 is 0 Å². The number of halogens is 1. The van der Waals surface area contributed by atoms with E-state index in [4.69, 9.17) is 0 Å². The second-order valence-electron chi connectivity index (χ2n) is 4.08. The van der Waals surface area contributed by atoms with Gasteiger partial charge in [-0.2, -0.15) is 0 Å². The summed E-state index contributed by atoms with van der Waals surface area (Å²) in [4.78, 5) is 1.25.